The molecule has 2 fully saturated rings. The van der Waals surface area contributed by atoms with Crippen LogP contribution in [0.25, 0.3) is 0 Å². The second-order valence-electron chi connectivity index (χ2n) is 4.63. The van der Waals surface area contributed by atoms with Crippen molar-refractivity contribution in [2.24, 2.45) is 5.73 Å². The van der Waals surface area contributed by atoms with Gasteiger partial charge in [0.1, 0.15) is 0 Å². The molecule has 3 nitrogen and oxygen atoms in total. The average Bonchev–Trinajstić information content (AvgIpc) is 2.34. The van der Waals surface area contributed by atoms with E-state index in [9.17, 15) is 4.21 Å². The summed E-state index contributed by atoms with van der Waals surface area (Å²) in [6.45, 7) is 1.01. The first-order chi connectivity index (χ1) is 6.66. The maximum Gasteiger partial charge on any atom is 0.0359 e. The predicted octanol–water partition coefficient (Wildman–Crippen LogP) is 0.319. The van der Waals surface area contributed by atoms with Crippen LogP contribution in [0.3, 0.4) is 0 Å². The SMILES string of the molecule is CS(=O)CCN1C2CCC1CC(N)C2. The Bertz CT molecular complexity index is 220. The molecular weight excluding hydrogens is 196 g/mol. The van der Waals surface area contributed by atoms with E-state index >= 15 is 0 Å². The van der Waals surface area contributed by atoms with Gasteiger partial charge in [-0.05, 0) is 25.7 Å². The third-order valence-electron chi connectivity index (χ3n) is 3.56. The van der Waals surface area contributed by atoms with Gasteiger partial charge >= 0.3 is 0 Å². The molecule has 2 aliphatic heterocycles. The first kappa shape index (κ1) is 10.6. The Kier molecular flexibility index (Phi) is 3.24. The summed E-state index contributed by atoms with van der Waals surface area (Å²) in [5.41, 5.74) is 5.99. The van der Waals surface area contributed by atoms with Crippen LogP contribution in [0.5, 0.6) is 0 Å². The molecule has 2 bridgehead atoms. The zero-order chi connectivity index (χ0) is 10.1. The van der Waals surface area contributed by atoms with Gasteiger partial charge in [0.15, 0.2) is 0 Å². The summed E-state index contributed by atoms with van der Waals surface area (Å²) >= 11 is 0. The Labute approximate surface area is 88.5 Å². The van der Waals surface area contributed by atoms with Crippen molar-refractivity contribution in [3.8, 4) is 0 Å². The Balaban J connectivity index is 1.90. The largest absolute Gasteiger partial charge is 0.328 e. The van der Waals surface area contributed by atoms with Crippen molar-refractivity contribution in [2.45, 2.75) is 43.8 Å². The van der Waals surface area contributed by atoms with Crippen LogP contribution >= 0.6 is 0 Å². The van der Waals surface area contributed by atoms with Crippen LogP contribution in [-0.2, 0) is 10.8 Å². The molecule has 0 amide bonds. The second-order valence-corrected chi connectivity index (χ2v) is 6.19. The average molecular weight is 216 g/mol. The monoisotopic (exact) mass is 216 g/mol. The standard InChI is InChI=1S/C10H20N2OS/c1-14(13)5-4-12-9-2-3-10(12)7-8(11)6-9/h8-10H,2-7,11H2,1H3. The van der Waals surface area contributed by atoms with Gasteiger partial charge in [0.05, 0.1) is 0 Å². The van der Waals surface area contributed by atoms with Gasteiger partial charge < -0.3 is 5.73 Å². The molecule has 2 aliphatic rings. The summed E-state index contributed by atoms with van der Waals surface area (Å²) in [5.74, 6) is 0.822. The topological polar surface area (TPSA) is 46.3 Å². The highest BCUT2D eigenvalue weighted by Gasteiger charge is 2.38. The third-order valence-corrected chi connectivity index (χ3v) is 4.32. The molecule has 2 saturated heterocycles. The quantitative estimate of drug-likeness (QED) is 0.739. The van der Waals surface area contributed by atoms with E-state index in [4.69, 9.17) is 5.73 Å². The fraction of sp³-hybridized carbons (Fsp3) is 1.00. The molecule has 82 valence electrons. The smallest absolute Gasteiger partial charge is 0.0359 e. The number of nitrogens with two attached hydrogens (primary N) is 1. The minimum atomic E-state index is -0.651. The van der Waals surface area contributed by atoms with Crippen LogP contribution in [0.2, 0.25) is 0 Å². The van der Waals surface area contributed by atoms with Crippen molar-refractivity contribution < 1.29 is 4.21 Å². The maximum atomic E-state index is 11.0. The van der Waals surface area contributed by atoms with Gasteiger partial charge in [0.25, 0.3) is 0 Å². The maximum absolute atomic E-state index is 11.0. The normalized spacial score (nSPS) is 40.0. The van der Waals surface area contributed by atoms with Crippen molar-refractivity contribution in [1.82, 2.24) is 4.90 Å². The van der Waals surface area contributed by atoms with Crippen LogP contribution in [0.4, 0.5) is 0 Å². The van der Waals surface area contributed by atoms with E-state index < -0.39 is 10.8 Å². The second kappa shape index (κ2) is 4.29. The third kappa shape index (κ3) is 2.18. The van der Waals surface area contributed by atoms with Crippen LogP contribution in [0.1, 0.15) is 25.7 Å². The fourth-order valence-corrected chi connectivity index (χ4v) is 3.38. The highest BCUT2D eigenvalue weighted by Crippen LogP contribution is 2.34. The summed E-state index contributed by atoms with van der Waals surface area (Å²) < 4.78 is 11.0. The molecule has 0 saturated carbocycles. The van der Waals surface area contributed by atoms with E-state index in [2.05, 4.69) is 4.90 Å². The Morgan fingerprint density at radius 3 is 2.43 bits per heavy atom. The molecule has 14 heavy (non-hydrogen) atoms. The van der Waals surface area contributed by atoms with Gasteiger partial charge in [-0.15, -0.1) is 0 Å². The van der Waals surface area contributed by atoms with Crippen LogP contribution in [0, 0.1) is 0 Å². The summed E-state index contributed by atoms with van der Waals surface area (Å²) in [4.78, 5) is 2.55. The van der Waals surface area contributed by atoms with Gasteiger partial charge in [0, 0.05) is 47.5 Å². The van der Waals surface area contributed by atoms with Crippen LogP contribution in [0.15, 0.2) is 0 Å². The van der Waals surface area contributed by atoms with Crippen molar-refractivity contribution in [2.75, 3.05) is 18.6 Å². The minimum absolute atomic E-state index is 0.413. The Morgan fingerprint density at radius 1 is 1.36 bits per heavy atom. The number of nitrogens with zero attached hydrogens (tertiary/aromatic N) is 1. The van der Waals surface area contributed by atoms with E-state index in [0.717, 1.165) is 25.1 Å². The molecule has 0 spiro atoms. The highest BCUT2D eigenvalue weighted by atomic mass is 32.2. The number of fused-ring (bicyclic) bond motifs is 2. The summed E-state index contributed by atoms with van der Waals surface area (Å²) in [5, 5.41) is 0. The molecule has 0 aliphatic carbocycles. The summed E-state index contributed by atoms with van der Waals surface area (Å²) in [6.07, 6.45) is 6.68. The molecule has 0 aromatic rings. The van der Waals surface area contributed by atoms with Gasteiger partial charge in [-0.3, -0.25) is 9.11 Å². The van der Waals surface area contributed by atoms with Gasteiger partial charge in [-0.1, -0.05) is 0 Å². The lowest BCUT2D eigenvalue weighted by molar-refractivity contribution is 0.136. The number of hydrogen-bond acceptors (Lipinski definition) is 3. The molecule has 4 heteroatoms. The highest BCUT2D eigenvalue weighted by molar-refractivity contribution is 7.84. The van der Waals surface area contributed by atoms with Crippen molar-refractivity contribution in [3.63, 3.8) is 0 Å². The molecule has 0 aromatic carbocycles. The van der Waals surface area contributed by atoms with E-state index in [0.29, 0.717) is 18.1 Å². The lowest BCUT2D eigenvalue weighted by atomic mass is 9.98. The molecule has 2 rings (SSSR count). The Morgan fingerprint density at radius 2 is 1.93 bits per heavy atom. The zero-order valence-electron chi connectivity index (χ0n) is 8.82. The summed E-state index contributed by atoms with van der Waals surface area (Å²) in [7, 11) is -0.651. The van der Waals surface area contributed by atoms with E-state index in [-0.39, 0.29) is 0 Å². The van der Waals surface area contributed by atoms with E-state index in [1.165, 1.54) is 12.8 Å². The minimum Gasteiger partial charge on any atom is -0.328 e. The molecule has 0 radical (unpaired) electrons. The van der Waals surface area contributed by atoms with Crippen LogP contribution < -0.4 is 5.73 Å². The van der Waals surface area contributed by atoms with Crippen molar-refractivity contribution in [3.05, 3.63) is 0 Å². The van der Waals surface area contributed by atoms with E-state index in [1.54, 1.807) is 6.26 Å². The number of hydrogen-bond donors (Lipinski definition) is 1. The zero-order valence-corrected chi connectivity index (χ0v) is 9.63. The first-order valence-corrected chi connectivity index (χ1v) is 7.21. The molecule has 3 atom stereocenters. The van der Waals surface area contributed by atoms with Crippen LogP contribution in [-0.4, -0.2) is 45.8 Å². The van der Waals surface area contributed by atoms with Crippen molar-refractivity contribution in [1.29, 1.82) is 0 Å². The lowest BCUT2D eigenvalue weighted by Gasteiger charge is -2.37. The van der Waals surface area contributed by atoms with Gasteiger partial charge in [-0.25, -0.2) is 0 Å². The molecule has 3 unspecified atom stereocenters. The van der Waals surface area contributed by atoms with E-state index in [1.807, 2.05) is 0 Å². The predicted molar refractivity (Wildman–Crippen MR) is 59.7 cm³/mol. The van der Waals surface area contributed by atoms with Gasteiger partial charge in [-0.2, -0.15) is 0 Å². The first-order valence-electron chi connectivity index (χ1n) is 5.48. The molecular formula is C10H20N2OS. The lowest BCUT2D eigenvalue weighted by Crippen LogP contribution is -2.48. The summed E-state index contributed by atoms with van der Waals surface area (Å²) in [6, 6.07) is 1.79. The Hall–Kier alpha value is 0.0700. The fourth-order valence-electron chi connectivity index (χ4n) is 2.92. The number of piperidine rings is 1. The molecule has 0 aromatic heterocycles. The van der Waals surface area contributed by atoms with Gasteiger partial charge in [0.2, 0.25) is 0 Å². The molecule has 2 N–H and O–H groups in total. The number of rotatable bonds is 3. The van der Waals surface area contributed by atoms with Crippen molar-refractivity contribution >= 4 is 10.8 Å². The molecule has 2 heterocycles.